The zero-order valence-electron chi connectivity index (χ0n) is 13.0. The van der Waals surface area contributed by atoms with Crippen molar-refractivity contribution in [1.29, 1.82) is 0 Å². The molecule has 0 unspecified atom stereocenters. The van der Waals surface area contributed by atoms with E-state index in [4.69, 9.17) is 16.7 Å². The van der Waals surface area contributed by atoms with Crippen LogP contribution in [-0.2, 0) is 10.0 Å². The minimum absolute atomic E-state index is 0.114. The van der Waals surface area contributed by atoms with Crippen LogP contribution >= 0.6 is 11.6 Å². The Labute approximate surface area is 146 Å². The summed E-state index contributed by atoms with van der Waals surface area (Å²) in [5.41, 5.74) is 4.25. The second-order valence-corrected chi connectivity index (χ2v) is 7.49. The number of hydrogen-bond acceptors (Lipinski definition) is 2. The molecule has 0 aliphatic rings. The molecule has 0 aromatic heterocycles. The smallest absolute Gasteiger partial charge is 0.225 e. The van der Waals surface area contributed by atoms with Gasteiger partial charge in [-0.1, -0.05) is 60.1 Å². The van der Waals surface area contributed by atoms with E-state index in [0.29, 0.717) is 10.6 Å². The molecule has 3 rings (SSSR count). The summed E-state index contributed by atoms with van der Waals surface area (Å²) in [6.45, 7) is 1.94. The van der Waals surface area contributed by atoms with Crippen LogP contribution in [0.4, 0.5) is 0 Å². The van der Waals surface area contributed by atoms with Gasteiger partial charge in [-0.3, -0.25) is 0 Å². The average molecular weight is 358 g/mol. The van der Waals surface area contributed by atoms with Gasteiger partial charge < -0.3 is 0 Å². The topological polar surface area (TPSA) is 60.2 Å². The van der Waals surface area contributed by atoms with Crippen LogP contribution in [0.1, 0.15) is 5.56 Å². The van der Waals surface area contributed by atoms with Crippen LogP contribution < -0.4 is 5.14 Å². The average Bonchev–Trinajstić information content (AvgIpc) is 2.57. The molecule has 2 N–H and O–H groups in total. The summed E-state index contributed by atoms with van der Waals surface area (Å²) in [4.78, 5) is 0.114. The summed E-state index contributed by atoms with van der Waals surface area (Å²) >= 11 is 6.11. The van der Waals surface area contributed by atoms with Crippen LogP contribution in [0.3, 0.4) is 0 Å². The highest BCUT2D eigenvalue weighted by atomic mass is 35.5. The lowest BCUT2D eigenvalue weighted by Gasteiger charge is -2.14. The first-order valence-corrected chi connectivity index (χ1v) is 9.28. The molecular formula is C19H16ClNO2S. The van der Waals surface area contributed by atoms with Crippen LogP contribution in [0.2, 0.25) is 5.02 Å². The fourth-order valence-electron chi connectivity index (χ4n) is 2.72. The third-order valence-corrected chi connectivity index (χ3v) is 5.27. The molecule has 5 heteroatoms. The summed E-state index contributed by atoms with van der Waals surface area (Å²) in [7, 11) is -3.82. The van der Waals surface area contributed by atoms with E-state index >= 15 is 0 Å². The number of benzene rings is 3. The SMILES string of the molecule is Cc1cc(-c2ccccc2-c2ccccc2S(N)(=O)=O)ccc1Cl. The number of nitrogens with two attached hydrogens (primary N) is 1. The molecule has 0 atom stereocenters. The van der Waals surface area contributed by atoms with Crippen molar-refractivity contribution in [2.75, 3.05) is 0 Å². The van der Waals surface area contributed by atoms with Gasteiger partial charge in [-0.2, -0.15) is 0 Å². The summed E-state index contributed by atoms with van der Waals surface area (Å²) < 4.78 is 23.9. The molecular weight excluding hydrogens is 342 g/mol. The molecule has 0 saturated carbocycles. The number of sulfonamides is 1. The predicted octanol–water partition coefficient (Wildman–Crippen LogP) is 4.63. The van der Waals surface area contributed by atoms with E-state index in [1.54, 1.807) is 18.2 Å². The highest BCUT2D eigenvalue weighted by molar-refractivity contribution is 7.89. The van der Waals surface area contributed by atoms with Crippen molar-refractivity contribution in [2.45, 2.75) is 11.8 Å². The number of halogens is 1. The Kier molecular flexibility index (Phi) is 4.45. The third-order valence-electron chi connectivity index (χ3n) is 3.88. The van der Waals surface area contributed by atoms with Gasteiger partial charge in [0.1, 0.15) is 0 Å². The zero-order chi connectivity index (χ0) is 17.3. The predicted molar refractivity (Wildman–Crippen MR) is 98.4 cm³/mol. The fourth-order valence-corrected chi connectivity index (χ4v) is 3.59. The molecule has 0 amide bonds. The Morgan fingerprint density at radius 2 is 1.42 bits per heavy atom. The lowest BCUT2D eigenvalue weighted by molar-refractivity contribution is 0.598. The molecule has 0 fully saturated rings. The van der Waals surface area contributed by atoms with Crippen molar-refractivity contribution in [3.63, 3.8) is 0 Å². The van der Waals surface area contributed by atoms with Crippen LogP contribution in [0.15, 0.2) is 71.6 Å². The van der Waals surface area contributed by atoms with Gasteiger partial charge >= 0.3 is 0 Å². The molecule has 3 aromatic carbocycles. The Bertz CT molecular complexity index is 1010. The van der Waals surface area contributed by atoms with Crippen molar-refractivity contribution in [1.82, 2.24) is 0 Å². The van der Waals surface area contributed by atoms with E-state index in [1.807, 2.05) is 49.4 Å². The van der Waals surface area contributed by atoms with Gasteiger partial charge in [0.2, 0.25) is 10.0 Å². The summed E-state index contributed by atoms with van der Waals surface area (Å²) in [6.07, 6.45) is 0. The maximum Gasteiger partial charge on any atom is 0.238 e. The van der Waals surface area contributed by atoms with E-state index in [9.17, 15) is 8.42 Å². The number of primary sulfonamides is 1. The molecule has 3 aromatic rings. The number of rotatable bonds is 3. The lowest BCUT2D eigenvalue weighted by Crippen LogP contribution is -2.13. The second-order valence-electron chi connectivity index (χ2n) is 5.55. The molecule has 0 aliphatic carbocycles. The van der Waals surface area contributed by atoms with Gasteiger partial charge in [0.15, 0.2) is 0 Å². The fraction of sp³-hybridized carbons (Fsp3) is 0.0526. The molecule has 0 bridgehead atoms. The number of aryl methyl sites for hydroxylation is 1. The van der Waals surface area contributed by atoms with E-state index in [1.165, 1.54) is 6.07 Å². The Morgan fingerprint density at radius 3 is 2.04 bits per heavy atom. The second kappa shape index (κ2) is 6.40. The standard InChI is InChI=1S/C19H16ClNO2S/c1-13-12-14(10-11-18(13)20)15-6-2-3-7-16(15)17-8-4-5-9-19(17)24(21,22)23/h2-12H,1H3,(H2,21,22,23). The van der Waals surface area contributed by atoms with E-state index in [0.717, 1.165) is 22.3 Å². The van der Waals surface area contributed by atoms with E-state index < -0.39 is 10.0 Å². The monoisotopic (exact) mass is 357 g/mol. The number of hydrogen-bond donors (Lipinski definition) is 1. The Morgan fingerprint density at radius 1 is 0.833 bits per heavy atom. The van der Waals surface area contributed by atoms with E-state index in [2.05, 4.69) is 0 Å². The molecule has 0 spiro atoms. The highest BCUT2D eigenvalue weighted by Crippen LogP contribution is 2.36. The summed E-state index contributed by atoms with van der Waals surface area (Å²) in [5.74, 6) is 0. The maximum absolute atomic E-state index is 11.9. The van der Waals surface area contributed by atoms with Crippen LogP contribution in [0, 0.1) is 6.92 Å². The van der Waals surface area contributed by atoms with E-state index in [-0.39, 0.29) is 4.90 Å². The molecule has 0 radical (unpaired) electrons. The quantitative estimate of drug-likeness (QED) is 0.742. The van der Waals surface area contributed by atoms with Gasteiger partial charge in [0.05, 0.1) is 4.90 Å². The van der Waals surface area contributed by atoms with Crippen molar-refractivity contribution < 1.29 is 8.42 Å². The molecule has 24 heavy (non-hydrogen) atoms. The Hall–Kier alpha value is -2.14. The lowest BCUT2D eigenvalue weighted by atomic mass is 9.94. The van der Waals surface area contributed by atoms with Crippen molar-refractivity contribution in [3.8, 4) is 22.3 Å². The minimum Gasteiger partial charge on any atom is -0.225 e. The van der Waals surface area contributed by atoms with Crippen LogP contribution in [0.5, 0.6) is 0 Å². The first-order chi connectivity index (χ1) is 11.4. The van der Waals surface area contributed by atoms with Crippen molar-refractivity contribution in [3.05, 3.63) is 77.3 Å². The van der Waals surface area contributed by atoms with Crippen LogP contribution in [0.25, 0.3) is 22.3 Å². The summed E-state index contributed by atoms with van der Waals surface area (Å²) in [5, 5.41) is 6.08. The molecule has 0 saturated heterocycles. The Balaban J connectivity index is 2.27. The highest BCUT2D eigenvalue weighted by Gasteiger charge is 2.17. The van der Waals surface area contributed by atoms with Gasteiger partial charge in [-0.15, -0.1) is 0 Å². The molecule has 0 aliphatic heterocycles. The first-order valence-electron chi connectivity index (χ1n) is 7.35. The summed E-state index contributed by atoms with van der Waals surface area (Å²) in [6, 6.07) is 20.1. The molecule has 122 valence electrons. The largest absolute Gasteiger partial charge is 0.238 e. The third kappa shape index (κ3) is 3.22. The molecule has 3 nitrogen and oxygen atoms in total. The van der Waals surface area contributed by atoms with Gasteiger partial charge in [-0.25, -0.2) is 13.6 Å². The van der Waals surface area contributed by atoms with Gasteiger partial charge in [-0.05, 0) is 47.4 Å². The first kappa shape index (κ1) is 16.7. The van der Waals surface area contributed by atoms with Gasteiger partial charge in [0, 0.05) is 10.6 Å². The normalized spacial score (nSPS) is 11.5. The molecule has 0 heterocycles. The zero-order valence-corrected chi connectivity index (χ0v) is 14.6. The maximum atomic E-state index is 11.9. The van der Waals surface area contributed by atoms with Crippen molar-refractivity contribution >= 4 is 21.6 Å². The minimum atomic E-state index is -3.82. The van der Waals surface area contributed by atoms with Gasteiger partial charge in [0.25, 0.3) is 0 Å². The van der Waals surface area contributed by atoms with Crippen LogP contribution in [-0.4, -0.2) is 8.42 Å². The van der Waals surface area contributed by atoms with Crippen molar-refractivity contribution in [2.24, 2.45) is 5.14 Å².